The van der Waals surface area contributed by atoms with Crippen molar-refractivity contribution in [3.63, 3.8) is 0 Å². The zero-order chi connectivity index (χ0) is 61.7. The average Bonchev–Trinajstić information content (AvgIpc) is 3.51. The number of carbonyl (C=O) groups excluding carboxylic acids is 1. The lowest BCUT2D eigenvalue weighted by molar-refractivity contribution is -0.303. The van der Waals surface area contributed by atoms with Gasteiger partial charge >= 0.3 is 0 Å². The van der Waals surface area contributed by atoms with Crippen molar-refractivity contribution in [2.75, 3.05) is 13.2 Å². The zero-order valence-electron chi connectivity index (χ0n) is 55.1. The highest BCUT2D eigenvalue weighted by Crippen LogP contribution is 2.24. The molecule has 1 aliphatic rings. The van der Waals surface area contributed by atoms with Crippen LogP contribution in [0.15, 0.2) is 60.8 Å². The van der Waals surface area contributed by atoms with E-state index in [-0.39, 0.29) is 12.8 Å². The number of amides is 1. The van der Waals surface area contributed by atoms with E-state index in [1.807, 2.05) is 0 Å². The van der Waals surface area contributed by atoms with Crippen molar-refractivity contribution in [2.24, 2.45) is 0 Å². The number of unbranched alkanes of at least 4 members (excludes halogenated alkanes) is 41. The van der Waals surface area contributed by atoms with Crippen LogP contribution in [0.2, 0.25) is 0 Å². The quantitative estimate of drug-likeness (QED) is 0.0215. The highest BCUT2D eigenvalue weighted by atomic mass is 16.7. The summed E-state index contributed by atoms with van der Waals surface area (Å²) in [6.45, 7) is 3.48. The predicted octanol–water partition coefficient (Wildman–Crippen LogP) is 17.7. The molecule has 1 amide bonds. The second-order valence-corrected chi connectivity index (χ2v) is 25.3. The van der Waals surface area contributed by atoms with Crippen LogP contribution in [0.3, 0.4) is 0 Å². The topological polar surface area (TPSA) is 189 Å². The van der Waals surface area contributed by atoms with Gasteiger partial charge in [0.25, 0.3) is 0 Å². The normalized spacial score (nSPS) is 19.2. The number of allylic oxidation sites excluding steroid dienone is 10. The van der Waals surface area contributed by atoms with Gasteiger partial charge in [-0.2, -0.15) is 0 Å². The van der Waals surface area contributed by atoms with Gasteiger partial charge in [0.2, 0.25) is 5.91 Å². The van der Waals surface area contributed by atoms with Gasteiger partial charge in [-0.1, -0.05) is 299 Å². The van der Waals surface area contributed by atoms with E-state index in [4.69, 9.17) is 9.47 Å². The van der Waals surface area contributed by atoms with Crippen LogP contribution in [-0.4, -0.2) is 110 Å². The number of hydrogen-bond donors (Lipinski definition) is 8. The largest absolute Gasteiger partial charge is 0.394 e. The van der Waals surface area contributed by atoms with Crippen LogP contribution in [0.5, 0.6) is 0 Å². The molecule has 0 spiro atoms. The van der Waals surface area contributed by atoms with E-state index in [0.29, 0.717) is 19.3 Å². The molecule has 1 fully saturated rings. The Kier molecular flexibility index (Phi) is 59.0. The first-order valence-corrected chi connectivity index (χ1v) is 36.2. The van der Waals surface area contributed by atoms with Crippen LogP contribution in [0.25, 0.3) is 0 Å². The molecule has 0 radical (unpaired) electrons. The number of aliphatic hydroxyl groups excluding tert-OH is 7. The summed E-state index contributed by atoms with van der Waals surface area (Å²) in [5.41, 5.74) is 0. The third kappa shape index (κ3) is 49.3. The van der Waals surface area contributed by atoms with Gasteiger partial charge in [-0.25, -0.2) is 0 Å². The predicted molar refractivity (Wildman–Crippen MR) is 358 cm³/mol. The maximum absolute atomic E-state index is 13.3. The Morgan fingerprint density at radius 2 is 0.741 bits per heavy atom. The van der Waals surface area contributed by atoms with Crippen molar-refractivity contribution in [2.45, 2.75) is 390 Å². The summed E-state index contributed by atoms with van der Waals surface area (Å²) in [5, 5.41) is 76.5. The lowest BCUT2D eigenvalue weighted by Crippen LogP contribution is -2.60. The summed E-state index contributed by atoms with van der Waals surface area (Å²) >= 11 is 0. The lowest BCUT2D eigenvalue weighted by atomic mass is 9.98. The van der Waals surface area contributed by atoms with Crippen LogP contribution in [0, 0.1) is 0 Å². The molecular weight excluding hydrogens is 1060 g/mol. The van der Waals surface area contributed by atoms with Crippen molar-refractivity contribution in [3.8, 4) is 0 Å². The van der Waals surface area contributed by atoms with Gasteiger partial charge in [-0.05, 0) is 96.3 Å². The van der Waals surface area contributed by atoms with Crippen molar-refractivity contribution >= 4 is 5.91 Å². The molecule has 498 valence electrons. The second kappa shape index (κ2) is 62.0. The Balaban J connectivity index is 2.22. The van der Waals surface area contributed by atoms with Gasteiger partial charge in [0.15, 0.2) is 6.29 Å². The summed E-state index contributed by atoms with van der Waals surface area (Å²) in [6.07, 6.45) is 71.7. The molecule has 1 heterocycles. The molecule has 0 aromatic rings. The Morgan fingerprint density at radius 1 is 0.412 bits per heavy atom. The average molecular weight is 1200 g/mol. The Morgan fingerprint density at radius 3 is 1.12 bits per heavy atom. The molecule has 8 N–H and O–H groups in total. The third-order valence-electron chi connectivity index (χ3n) is 17.2. The van der Waals surface area contributed by atoms with Gasteiger partial charge in [0.05, 0.1) is 25.4 Å². The van der Waals surface area contributed by atoms with Crippen LogP contribution in [0.1, 0.15) is 335 Å². The SMILES string of the molecule is CCCCCCCCCCC/C=C\C/C=C\CCCCCCCCCCCCCCCCCCC(O)C(=O)NC(COC1OC(CO)C(O)C(O)C1O)C(O)C(O)CCC/C=C/CC/C=C/CC/C=C/CCCCCCCCCCCCCCC. The van der Waals surface area contributed by atoms with E-state index in [1.54, 1.807) is 0 Å². The van der Waals surface area contributed by atoms with Crippen LogP contribution >= 0.6 is 0 Å². The van der Waals surface area contributed by atoms with E-state index in [2.05, 4.69) is 79.9 Å². The summed E-state index contributed by atoms with van der Waals surface area (Å²) in [4.78, 5) is 13.3. The van der Waals surface area contributed by atoms with E-state index in [9.17, 15) is 40.5 Å². The highest BCUT2D eigenvalue weighted by Gasteiger charge is 2.44. The number of hydrogen-bond acceptors (Lipinski definition) is 10. The first kappa shape index (κ1) is 80.8. The highest BCUT2D eigenvalue weighted by molar-refractivity contribution is 5.80. The fourth-order valence-electron chi connectivity index (χ4n) is 11.4. The second-order valence-electron chi connectivity index (χ2n) is 25.3. The maximum Gasteiger partial charge on any atom is 0.249 e. The Hall–Kier alpha value is -2.19. The molecular formula is C74H137NO10. The summed E-state index contributed by atoms with van der Waals surface area (Å²) in [5.74, 6) is -0.709. The molecule has 11 heteroatoms. The maximum atomic E-state index is 13.3. The molecule has 1 saturated heterocycles. The molecule has 0 aromatic carbocycles. The standard InChI is InChI=1S/C74H137NO10/c1-3-5-7-9-11-13-15-17-19-21-23-25-27-29-31-32-33-34-35-36-38-40-42-44-46-48-50-52-54-56-58-60-62-67(78)73(83)75-65(64-84-74-72(82)71(81)70(80)68(63-76)85-74)69(79)66(77)61-59-57-55-53-51-49-47-45-43-41-39-37-30-28-26-24-22-20-18-16-14-12-10-8-6-4-2/h23,25,29,31,37,39,45,47,53,55,65-72,74,76-82H,3-22,24,26-28,30,32-36,38,40-44,46,48-52,54,56-64H2,1-2H3,(H,75,83)/b25-23-,31-29-,39-37+,47-45+,55-53+. The Bertz CT molecular complexity index is 1570. The van der Waals surface area contributed by atoms with Crippen LogP contribution < -0.4 is 5.32 Å². The molecule has 0 bridgehead atoms. The zero-order valence-corrected chi connectivity index (χ0v) is 55.1. The summed E-state index contributed by atoms with van der Waals surface area (Å²) in [6, 6.07) is -1.20. The smallest absolute Gasteiger partial charge is 0.249 e. The van der Waals surface area contributed by atoms with Crippen molar-refractivity contribution in [1.29, 1.82) is 0 Å². The van der Waals surface area contributed by atoms with Crippen molar-refractivity contribution in [1.82, 2.24) is 5.32 Å². The summed E-state index contributed by atoms with van der Waals surface area (Å²) in [7, 11) is 0. The number of aliphatic hydroxyl groups is 7. The van der Waals surface area contributed by atoms with Crippen molar-refractivity contribution in [3.05, 3.63) is 60.8 Å². The number of carbonyl (C=O) groups is 1. The summed E-state index contributed by atoms with van der Waals surface area (Å²) < 4.78 is 11.2. The van der Waals surface area contributed by atoms with Gasteiger partial charge in [0.1, 0.15) is 36.6 Å². The van der Waals surface area contributed by atoms with Gasteiger partial charge in [0, 0.05) is 0 Å². The van der Waals surface area contributed by atoms with Gasteiger partial charge in [-0.15, -0.1) is 0 Å². The molecule has 11 nitrogen and oxygen atoms in total. The molecule has 0 aliphatic carbocycles. The number of nitrogens with one attached hydrogen (secondary N) is 1. The molecule has 9 unspecified atom stereocenters. The van der Waals surface area contributed by atoms with E-state index in [0.717, 1.165) is 51.4 Å². The molecule has 85 heavy (non-hydrogen) atoms. The first-order chi connectivity index (χ1) is 41.7. The van der Waals surface area contributed by atoms with E-state index in [1.165, 1.54) is 238 Å². The lowest BCUT2D eigenvalue weighted by Gasteiger charge is -2.40. The molecule has 0 aromatic heterocycles. The minimum absolute atomic E-state index is 0.240. The fraction of sp³-hybridized carbons (Fsp3) is 0.851. The fourth-order valence-corrected chi connectivity index (χ4v) is 11.4. The first-order valence-electron chi connectivity index (χ1n) is 36.2. The van der Waals surface area contributed by atoms with Crippen LogP contribution in [0.4, 0.5) is 0 Å². The van der Waals surface area contributed by atoms with E-state index >= 15 is 0 Å². The molecule has 1 aliphatic heterocycles. The number of ether oxygens (including phenoxy) is 2. The molecule has 0 saturated carbocycles. The van der Waals surface area contributed by atoms with E-state index < -0.39 is 74.2 Å². The number of rotatable bonds is 63. The van der Waals surface area contributed by atoms with Crippen molar-refractivity contribution < 1.29 is 50.0 Å². The van der Waals surface area contributed by atoms with Crippen LogP contribution in [-0.2, 0) is 14.3 Å². The Labute approximate surface area is 522 Å². The van der Waals surface area contributed by atoms with Gasteiger partial charge in [-0.3, -0.25) is 4.79 Å². The third-order valence-corrected chi connectivity index (χ3v) is 17.2. The minimum Gasteiger partial charge on any atom is -0.394 e. The molecule has 1 rings (SSSR count). The minimum atomic E-state index is -1.68. The molecule has 9 atom stereocenters. The van der Waals surface area contributed by atoms with Gasteiger partial charge < -0.3 is 50.5 Å². The monoisotopic (exact) mass is 1200 g/mol.